The Kier molecular flexibility index (Phi) is 18.2. The van der Waals surface area contributed by atoms with E-state index in [0.29, 0.717) is 12.2 Å². The Morgan fingerprint density at radius 1 is 0.933 bits per heavy atom. The summed E-state index contributed by atoms with van der Waals surface area (Å²) in [5.41, 5.74) is 2.96. The Morgan fingerprint density at radius 2 is 1.48 bits per heavy atom. The van der Waals surface area contributed by atoms with E-state index >= 15 is 0 Å². The van der Waals surface area contributed by atoms with Crippen LogP contribution in [0.4, 0.5) is 0 Å². The van der Waals surface area contributed by atoms with E-state index in [-0.39, 0.29) is 25.0 Å². The number of hydrogen-bond donors (Lipinski definition) is 2. The van der Waals surface area contributed by atoms with Crippen LogP contribution < -0.4 is 16.3 Å². The van der Waals surface area contributed by atoms with Gasteiger partial charge < -0.3 is 14.2 Å². The molecule has 4 heterocycles. The lowest BCUT2D eigenvalue weighted by molar-refractivity contribution is -0.744. The summed E-state index contributed by atoms with van der Waals surface area (Å²) in [5.74, 6) is 54.4. The third kappa shape index (κ3) is 14.2. The number of fused-ring (bicyclic) bond motifs is 5. The SMILES string of the molecule is C#CC#CC#CC#CC#CC#CC#CC#CC#CC#CC#C.COc1ccc(Cn2c(=O)n3ncnc3c3c4c(sc32)CN(CC2CC2)CC4)cc1.NN=NN=[N+]([O-])OS.[HH].[HH].[HH].[HH].[HH].[HH].[HH].[HH].[HH].[HH]. The maximum absolute atomic E-state index is 13.3. The topological polar surface area (TPSA) is 163 Å². The molecule has 6 rings (SSSR count). The summed E-state index contributed by atoms with van der Waals surface area (Å²) in [6.45, 7) is 3.75. The Bertz CT molecular complexity index is 2990. The van der Waals surface area contributed by atoms with Gasteiger partial charge in [0.15, 0.2) is 5.65 Å². The number of aromatic nitrogens is 4. The molecule has 4 aromatic rings. The van der Waals surface area contributed by atoms with E-state index < -0.39 is 0 Å². The van der Waals surface area contributed by atoms with Gasteiger partial charge in [-0.05, 0) is 143 Å². The minimum atomic E-state index is -0.264. The molecule has 1 aromatic carbocycles. The zero-order chi connectivity index (χ0) is 42.8. The van der Waals surface area contributed by atoms with Crippen LogP contribution in [0.15, 0.2) is 51.1 Å². The summed E-state index contributed by atoms with van der Waals surface area (Å²) in [5, 5.41) is 22.9. The number of ether oxygens (including phenoxy) is 1. The molecule has 1 fully saturated rings. The van der Waals surface area contributed by atoms with E-state index in [2.05, 4.69) is 172 Å². The second-order valence-corrected chi connectivity index (χ2v) is 12.7. The van der Waals surface area contributed by atoms with Crippen LogP contribution in [0.2, 0.25) is 0 Å². The van der Waals surface area contributed by atoms with Crippen molar-refractivity contribution in [2.24, 2.45) is 27.4 Å². The minimum Gasteiger partial charge on any atom is -0.497 e. The van der Waals surface area contributed by atoms with Gasteiger partial charge in [0.25, 0.3) is 0 Å². The lowest BCUT2D eigenvalue weighted by atomic mass is 10.0. The summed E-state index contributed by atoms with van der Waals surface area (Å²) in [6, 6.07) is 7.88. The van der Waals surface area contributed by atoms with Gasteiger partial charge in [-0.1, -0.05) is 25.0 Å². The van der Waals surface area contributed by atoms with Gasteiger partial charge in [0.1, 0.15) is 16.9 Å². The molecule has 1 aliphatic heterocycles. The minimum absolute atomic E-state index is 0. The van der Waals surface area contributed by atoms with Gasteiger partial charge in [-0.15, -0.1) is 24.2 Å². The first-order valence-corrected chi connectivity index (χ1v) is 18.3. The molecule has 0 atom stereocenters. The molecule has 3 aromatic heterocycles. The molecule has 0 unspecified atom stereocenters. The van der Waals surface area contributed by atoms with Crippen LogP contribution >= 0.6 is 24.2 Å². The largest absolute Gasteiger partial charge is 0.497 e. The Balaban J connectivity index is -0.000000180. The van der Waals surface area contributed by atoms with Crippen molar-refractivity contribution in [3.8, 4) is 137 Å². The Labute approximate surface area is 371 Å². The molecule has 60 heavy (non-hydrogen) atoms. The number of thiol groups is 1. The third-order valence-corrected chi connectivity index (χ3v) is 9.08. The number of hydrogen-bond acceptors (Lipinski definition) is 10. The van der Waals surface area contributed by atoms with Crippen molar-refractivity contribution in [1.29, 1.82) is 0 Å². The van der Waals surface area contributed by atoms with Gasteiger partial charge in [0.05, 0.1) is 29.3 Å². The van der Waals surface area contributed by atoms with Crippen LogP contribution in [0.5, 0.6) is 5.75 Å². The molecule has 0 bridgehead atoms. The van der Waals surface area contributed by atoms with Gasteiger partial charge in [0, 0.05) is 62.5 Å². The molecule has 1 aliphatic carbocycles. The van der Waals surface area contributed by atoms with Crippen molar-refractivity contribution in [3.63, 3.8) is 0 Å². The maximum atomic E-state index is 13.3. The molecule has 14 nitrogen and oxygen atoms in total. The second-order valence-electron chi connectivity index (χ2n) is 11.5. The highest BCUT2D eigenvalue weighted by Gasteiger charge is 2.29. The lowest BCUT2D eigenvalue weighted by Gasteiger charge is -2.26. The van der Waals surface area contributed by atoms with Crippen LogP contribution in [0.1, 0.15) is 43.1 Å². The third-order valence-electron chi connectivity index (χ3n) is 7.70. The summed E-state index contributed by atoms with van der Waals surface area (Å²) in [4.78, 5) is 22.7. The highest BCUT2D eigenvalue weighted by molar-refractivity contribution is 7.74. The quantitative estimate of drug-likeness (QED) is 0.0604. The molecular weight excluding hydrogens is 797 g/mol. The number of benzene rings is 1. The zero-order valence-electron chi connectivity index (χ0n) is 31.7. The summed E-state index contributed by atoms with van der Waals surface area (Å²) >= 11 is 4.82. The summed E-state index contributed by atoms with van der Waals surface area (Å²) < 4.78 is 12.2. The van der Waals surface area contributed by atoms with Crippen molar-refractivity contribution < 1.29 is 28.3 Å². The maximum Gasteiger partial charge on any atom is 0.352 e. The molecule has 16 heteroatoms. The average Bonchev–Trinajstić information content (AvgIpc) is 3.80. The predicted molar refractivity (Wildman–Crippen MR) is 250 cm³/mol. The van der Waals surface area contributed by atoms with Crippen LogP contribution in [0.3, 0.4) is 0 Å². The van der Waals surface area contributed by atoms with Crippen molar-refractivity contribution in [2.45, 2.75) is 32.4 Å². The predicted octanol–water partition coefficient (Wildman–Crippen LogP) is 5.64. The molecule has 0 amide bonds. The van der Waals surface area contributed by atoms with Crippen LogP contribution in [0, 0.1) is 142 Å². The number of nitrogens with two attached hydrogens (primary N) is 1. The molecule has 0 spiro atoms. The molecule has 0 radical (unpaired) electrons. The van der Waals surface area contributed by atoms with Crippen LogP contribution in [-0.2, 0) is 23.8 Å². The molecule has 2 N–H and O–H groups in total. The van der Waals surface area contributed by atoms with Crippen molar-refractivity contribution in [1.82, 2.24) is 24.1 Å². The highest BCUT2D eigenvalue weighted by atomic mass is 32.1. The van der Waals surface area contributed by atoms with Crippen molar-refractivity contribution in [2.75, 3.05) is 20.2 Å². The Morgan fingerprint density at radius 3 is 1.97 bits per heavy atom. The fourth-order valence-corrected chi connectivity index (χ4v) is 6.54. The van der Waals surface area contributed by atoms with E-state index in [1.807, 2.05) is 28.8 Å². The van der Waals surface area contributed by atoms with Gasteiger partial charge in [0.2, 0.25) is 10.4 Å². The normalized spacial score (nSPS) is 11.5. The van der Waals surface area contributed by atoms with Gasteiger partial charge in [-0.2, -0.15) is 9.61 Å². The van der Waals surface area contributed by atoms with E-state index in [1.54, 1.807) is 18.4 Å². The molecule has 1 saturated carbocycles. The van der Waals surface area contributed by atoms with Crippen LogP contribution in [0.25, 0.3) is 15.9 Å². The van der Waals surface area contributed by atoms with Gasteiger partial charge >= 0.3 is 5.69 Å². The first kappa shape index (κ1) is 44.1. The number of rotatable bonds is 7. The van der Waals surface area contributed by atoms with E-state index in [9.17, 15) is 10.0 Å². The second kappa shape index (κ2) is 24.8. The van der Waals surface area contributed by atoms with Gasteiger partial charge in [-0.25, -0.2) is 9.78 Å². The standard InChI is InChI=1S/C22H23N5O2S.C22H2.H3N5O2S.10H2/c1-29-16-6-4-15(5-7-16)11-26-21-19(20-23-13-24-27(20)22(26)28)17-8-9-25(10-14-2-3-14)12-18(17)30-21;1-3-5-7-9-11-13-15-17-19-21-22-20-18-16-14-12-10-8-6-4-2;1-2-3-4-5(6)7-8;;;;;;;;;;/h4-7,13-14H,2-3,8-12H2,1H3;1-2H;8H,(H2,1,3);10*1H. The molecule has 310 valence electrons. The lowest BCUT2D eigenvalue weighted by Crippen LogP contribution is -2.31. The van der Waals surface area contributed by atoms with Crippen LogP contribution in [-0.4, -0.2) is 49.3 Å². The number of terminal acetylenes is 2. The smallest absolute Gasteiger partial charge is 0.352 e. The highest BCUT2D eigenvalue weighted by Crippen LogP contribution is 2.38. The Hall–Kier alpha value is -8.60. The fourth-order valence-electron chi connectivity index (χ4n) is 5.13. The summed E-state index contributed by atoms with van der Waals surface area (Å²) in [7, 11) is 1.66. The summed E-state index contributed by atoms with van der Waals surface area (Å²) in [6.07, 6.45) is 15.0. The molecule has 0 saturated heterocycles. The number of thiophene rings is 1. The van der Waals surface area contributed by atoms with E-state index in [4.69, 9.17) is 17.6 Å². The van der Waals surface area contributed by atoms with E-state index in [1.165, 1.54) is 40.7 Å². The monoisotopic (exact) mass is 844 g/mol. The van der Waals surface area contributed by atoms with E-state index in [0.717, 1.165) is 47.0 Å². The number of methoxy groups -OCH3 is 1. The first-order valence-electron chi connectivity index (χ1n) is 17.2. The average molecular weight is 845 g/mol. The van der Waals surface area contributed by atoms with Gasteiger partial charge in [-0.3, -0.25) is 15.3 Å². The molecule has 2 aliphatic rings. The number of nitrogens with zero attached hydrogens (tertiary/aromatic N) is 9. The van der Waals surface area contributed by atoms with Crippen molar-refractivity contribution in [3.05, 3.63) is 62.3 Å². The van der Waals surface area contributed by atoms with Crippen molar-refractivity contribution >= 4 is 40.1 Å². The zero-order valence-corrected chi connectivity index (χ0v) is 33.4. The first-order chi connectivity index (χ1) is 29.4. The molecular formula is C44H48N10O4S2. The fraction of sp³-hybridized carbons (Fsp3) is 0.205.